The van der Waals surface area contributed by atoms with Gasteiger partial charge in [-0.1, -0.05) is 13.8 Å². The van der Waals surface area contributed by atoms with Crippen LogP contribution in [-0.2, 0) is 6.54 Å². The van der Waals surface area contributed by atoms with E-state index in [1.54, 1.807) is 0 Å². The van der Waals surface area contributed by atoms with Crippen LogP contribution in [0.2, 0.25) is 0 Å². The minimum absolute atomic E-state index is 0.239. The van der Waals surface area contributed by atoms with Crippen molar-refractivity contribution in [3.8, 4) is 0 Å². The molecule has 4 N–H and O–H groups in total. The van der Waals surface area contributed by atoms with E-state index in [9.17, 15) is 9.59 Å². The summed E-state index contributed by atoms with van der Waals surface area (Å²) in [4.78, 5) is 26.2. The Morgan fingerprint density at radius 3 is 2.67 bits per heavy atom. The molecule has 0 unspecified atom stereocenters. The first-order valence-corrected chi connectivity index (χ1v) is 8.58. The summed E-state index contributed by atoms with van der Waals surface area (Å²) in [5.74, 6) is 3.42. The fourth-order valence-electron chi connectivity index (χ4n) is 2.50. The molecule has 21 heavy (non-hydrogen) atoms. The highest BCUT2D eigenvalue weighted by molar-refractivity contribution is 7.99. The zero-order chi connectivity index (χ0) is 15.4. The molecule has 0 aliphatic carbocycles. The van der Waals surface area contributed by atoms with Gasteiger partial charge in [0.1, 0.15) is 11.5 Å². The Kier molecular flexibility index (Phi) is 5.39. The van der Waals surface area contributed by atoms with Crippen LogP contribution in [0.1, 0.15) is 26.7 Å². The Balaban J connectivity index is 2.18. The average Bonchev–Trinajstić information content (AvgIpc) is 2.44. The summed E-state index contributed by atoms with van der Waals surface area (Å²) in [6.45, 7) is 5.23. The van der Waals surface area contributed by atoms with Gasteiger partial charge >= 0.3 is 5.69 Å². The number of aromatic nitrogens is 2. The maximum Gasteiger partial charge on any atom is 0.330 e. The van der Waals surface area contributed by atoms with Gasteiger partial charge in [0.25, 0.3) is 5.56 Å². The van der Waals surface area contributed by atoms with Gasteiger partial charge in [0.15, 0.2) is 0 Å². The van der Waals surface area contributed by atoms with E-state index < -0.39 is 11.2 Å². The molecule has 1 fully saturated rings. The van der Waals surface area contributed by atoms with Gasteiger partial charge in [0.2, 0.25) is 0 Å². The minimum Gasteiger partial charge on any atom is -0.383 e. The fraction of sp³-hybridized carbons (Fsp3) is 0.714. The van der Waals surface area contributed by atoms with Crippen LogP contribution in [0, 0.1) is 11.8 Å². The van der Waals surface area contributed by atoms with E-state index in [1.807, 2.05) is 25.6 Å². The largest absolute Gasteiger partial charge is 0.383 e. The number of nitrogens with zero attached hydrogens (tertiary/aromatic N) is 1. The monoisotopic (exact) mass is 312 g/mol. The van der Waals surface area contributed by atoms with Crippen LogP contribution in [0.5, 0.6) is 0 Å². The van der Waals surface area contributed by atoms with Crippen molar-refractivity contribution < 1.29 is 0 Å². The Labute approximate surface area is 128 Å². The zero-order valence-electron chi connectivity index (χ0n) is 12.6. The molecule has 1 aliphatic rings. The molecule has 0 radical (unpaired) electrons. The number of nitrogens with two attached hydrogens (primary N) is 1. The molecule has 6 nitrogen and oxygen atoms in total. The van der Waals surface area contributed by atoms with E-state index in [0.717, 1.165) is 19.4 Å². The van der Waals surface area contributed by atoms with Crippen molar-refractivity contribution >= 4 is 23.3 Å². The summed E-state index contributed by atoms with van der Waals surface area (Å²) in [6.07, 6.45) is 2.31. The van der Waals surface area contributed by atoms with Crippen LogP contribution in [0.3, 0.4) is 0 Å². The van der Waals surface area contributed by atoms with E-state index in [2.05, 4.69) is 10.3 Å². The number of hydrogen-bond donors (Lipinski definition) is 3. The third-order valence-electron chi connectivity index (χ3n) is 3.70. The Hall–Kier alpha value is -1.37. The molecule has 0 aromatic carbocycles. The summed E-state index contributed by atoms with van der Waals surface area (Å²) in [5, 5.41) is 3.15. The molecule has 0 atom stereocenters. The van der Waals surface area contributed by atoms with E-state index in [4.69, 9.17) is 5.73 Å². The standard InChI is InChI=1S/C14H24N4O2S/c1-9(2)8-18-12(15)11(13(19)17-14(18)20)16-7-10-3-5-21-6-4-10/h9-10,16H,3-8,15H2,1-2H3,(H,17,19,20). The van der Waals surface area contributed by atoms with Crippen LogP contribution < -0.4 is 22.3 Å². The van der Waals surface area contributed by atoms with Crippen LogP contribution in [0.25, 0.3) is 0 Å². The normalized spacial score (nSPS) is 16.3. The topological polar surface area (TPSA) is 92.9 Å². The van der Waals surface area contributed by atoms with Crippen molar-refractivity contribution in [1.29, 1.82) is 0 Å². The van der Waals surface area contributed by atoms with Gasteiger partial charge in [0.05, 0.1) is 0 Å². The van der Waals surface area contributed by atoms with Gasteiger partial charge < -0.3 is 11.1 Å². The van der Waals surface area contributed by atoms with Crippen LogP contribution in [0.4, 0.5) is 11.5 Å². The number of nitrogens with one attached hydrogen (secondary N) is 2. The first-order valence-electron chi connectivity index (χ1n) is 7.43. The lowest BCUT2D eigenvalue weighted by atomic mass is 10.0. The quantitative estimate of drug-likeness (QED) is 0.763. The fourth-order valence-corrected chi connectivity index (χ4v) is 3.71. The molecule has 1 aromatic heterocycles. The first-order chi connectivity index (χ1) is 9.99. The SMILES string of the molecule is CC(C)Cn1c(N)c(NCC2CCSCC2)c(=O)[nH]c1=O. The number of H-pyrrole nitrogens is 1. The zero-order valence-corrected chi connectivity index (χ0v) is 13.5. The Morgan fingerprint density at radius 2 is 2.05 bits per heavy atom. The van der Waals surface area contributed by atoms with Gasteiger partial charge in [-0.3, -0.25) is 14.3 Å². The minimum atomic E-state index is -0.439. The molecule has 0 amide bonds. The summed E-state index contributed by atoms with van der Waals surface area (Å²) >= 11 is 1.97. The van der Waals surface area contributed by atoms with Gasteiger partial charge in [-0.25, -0.2) is 4.79 Å². The lowest BCUT2D eigenvalue weighted by Crippen LogP contribution is -2.35. The summed E-state index contributed by atoms with van der Waals surface area (Å²) in [6, 6.07) is 0. The maximum absolute atomic E-state index is 12.0. The maximum atomic E-state index is 12.0. The third-order valence-corrected chi connectivity index (χ3v) is 4.74. The molecule has 2 rings (SSSR count). The molecule has 1 saturated heterocycles. The number of anilines is 2. The number of hydrogen-bond acceptors (Lipinski definition) is 5. The predicted octanol–water partition coefficient (Wildman–Crippen LogP) is 1.33. The number of nitrogen functional groups attached to an aromatic ring is 1. The Bertz CT molecular complexity index is 588. The first kappa shape index (κ1) is 16.0. The van der Waals surface area contributed by atoms with Gasteiger partial charge in [-0.2, -0.15) is 11.8 Å². The highest BCUT2D eigenvalue weighted by atomic mass is 32.2. The predicted molar refractivity (Wildman–Crippen MR) is 89.1 cm³/mol. The van der Waals surface area contributed by atoms with Gasteiger partial charge in [-0.05, 0) is 36.2 Å². The summed E-state index contributed by atoms with van der Waals surface area (Å²) < 4.78 is 1.44. The summed E-state index contributed by atoms with van der Waals surface area (Å²) in [5.41, 5.74) is 5.49. The number of thioether (sulfide) groups is 1. The highest BCUT2D eigenvalue weighted by Crippen LogP contribution is 2.23. The molecule has 2 heterocycles. The van der Waals surface area contributed by atoms with E-state index in [1.165, 1.54) is 16.1 Å². The number of aromatic amines is 1. The molecule has 0 spiro atoms. The lowest BCUT2D eigenvalue weighted by Gasteiger charge is -2.22. The van der Waals surface area contributed by atoms with E-state index in [0.29, 0.717) is 18.2 Å². The average molecular weight is 312 g/mol. The second-order valence-electron chi connectivity index (χ2n) is 5.96. The molecule has 0 saturated carbocycles. The number of rotatable bonds is 5. The molecule has 7 heteroatoms. The highest BCUT2D eigenvalue weighted by Gasteiger charge is 2.17. The van der Waals surface area contributed by atoms with E-state index in [-0.39, 0.29) is 11.7 Å². The van der Waals surface area contributed by atoms with Gasteiger partial charge in [0, 0.05) is 13.1 Å². The van der Waals surface area contributed by atoms with Crippen LogP contribution in [-0.4, -0.2) is 27.6 Å². The van der Waals surface area contributed by atoms with Crippen molar-refractivity contribution in [3.05, 3.63) is 20.8 Å². The second-order valence-corrected chi connectivity index (χ2v) is 7.19. The van der Waals surface area contributed by atoms with Crippen LogP contribution in [0.15, 0.2) is 9.59 Å². The van der Waals surface area contributed by atoms with Crippen molar-refractivity contribution in [3.63, 3.8) is 0 Å². The second kappa shape index (κ2) is 7.06. The molecular weight excluding hydrogens is 288 g/mol. The smallest absolute Gasteiger partial charge is 0.330 e. The molecule has 0 bridgehead atoms. The van der Waals surface area contributed by atoms with Gasteiger partial charge in [-0.15, -0.1) is 0 Å². The molecule has 1 aromatic rings. The summed E-state index contributed by atoms with van der Waals surface area (Å²) in [7, 11) is 0. The lowest BCUT2D eigenvalue weighted by molar-refractivity contribution is 0.504. The van der Waals surface area contributed by atoms with Crippen LogP contribution >= 0.6 is 11.8 Å². The van der Waals surface area contributed by atoms with Crippen molar-refractivity contribution in [1.82, 2.24) is 9.55 Å². The van der Waals surface area contributed by atoms with Crippen molar-refractivity contribution in [2.75, 3.05) is 29.1 Å². The van der Waals surface area contributed by atoms with Crippen molar-refractivity contribution in [2.45, 2.75) is 33.2 Å². The molecular formula is C14H24N4O2S. The molecule has 118 valence electrons. The third kappa shape index (κ3) is 4.06. The van der Waals surface area contributed by atoms with Crippen molar-refractivity contribution in [2.24, 2.45) is 11.8 Å². The van der Waals surface area contributed by atoms with E-state index >= 15 is 0 Å². The Morgan fingerprint density at radius 1 is 1.38 bits per heavy atom. The molecule has 1 aliphatic heterocycles.